The molecule has 1 aromatic heterocycles. The van der Waals surface area contributed by atoms with Gasteiger partial charge in [0.1, 0.15) is 5.82 Å². The van der Waals surface area contributed by atoms with Crippen molar-refractivity contribution in [2.45, 2.75) is 6.42 Å². The summed E-state index contributed by atoms with van der Waals surface area (Å²) in [6.45, 7) is 0. The Balaban J connectivity index is 2.03. The number of hydrogen-bond donors (Lipinski definition) is 1. The van der Waals surface area contributed by atoms with Crippen molar-refractivity contribution in [1.29, 1.82) is 0 Å². The van der Waals surface area contributed by atoms with Crippen LogP contribution in [0.5, 0.6) is 0 Å². The number of fused-ring (bicyclic) bond motifs is 1. The molecule has 1 amide bonds. The number of rotatable bonds is 1. The molecule has 0 saturated carbocycles. The summed E-state index contributed by atoms with van der Waals surface area (Å²) < 4.78 is 12.8. The van der Waals surface area contributed by atoms with Crippen LogP contribution in [-0.4, -0.2) is 10.9 Å². The van der Waals surface area contributed by atoms with E-state index in [2.05, 4.69) is 10.3 Å². The number of aromatic nitrogens is 1. The first-order chi connectivity index (χ1) is 8.22. The Bertz CT molecular complexity index is 593. The van der Waals surface area contributed by atoms with Crippen molar-refractivity contribution in [2.75, 3.05) is 5.32 Å². The van der Waals surface area contributed by atoms with E-state index in [-0.39, 0.29) is 11.7 Å². The van der Waals surface area contributed by atoms with E-state index in [4.69, 9.17) is 0 Å². The summed E-state index contributed by atoms with van der Waals surface area (Å²) in [6.07, 6.45) is 2.02. The van der Waals surface area contributed by atoms with Crippen molar-refractivity contribution in [3.63, 3.8) is 0 Å². The van der Waals surface area contributed by atoms with Crippen molar-refractivity contribution in [2.24, 2.45) is 0 Å². The topological polar surface area (TPSA) is 42.0 Å². The number of anilines is 1. The highest BCUT2D eigenvalue weighted by molar-refractivity contribution is 5.99. The second-order valence-electron chi connectivity index (χ2n) is 3.96. The third-order valence-electron chi connectivity index (χ3n) is 2.75. The van der Waals surface area contributed by atoms with E-state index in [1.165, 1.54) is 12.1 Å². The highest BCUT2D eigenvalue weighted by Crippen LogP contribution is 2.26. The molecule has 3 rings (SSSR count). The smallest absolute Gasteiger partial charge is 0.228 e. The molecule has 84 valence electrons. The number of nitrogens with one attached hydrogen (secondary N) is 1. The Labute approximate surface area is 97.3 Å². The molecule has 0 fully saturated rings. The predicted molar refractivity (Wildman–Crippen MR) is 62.0 cm³/mol. The van der Waals surface area contributed by atoms with E-state index >= 15 is 0 Å². The van der Waals surface area contributed by atoms with Crippen molar-refractivity contribution in [3.8, 4) is 11.3 Å². The molecule has 1 aromatic carbocycles. The summed E-state index contributed by atoms with van der Waals surface area (Å²) in [7, 11) is 0. The molecule has 1 N–H and O–H groups in total. The molecule has 0 unspecified atom stereocenters. The van der Waals surface area contributed by atoms with Gasteiger partial charge in [0, 0.05) is 5.56 Å². The Morgan fingerprint density at radius 2 is 2.00 bits per heavy atom. The van der Waals surface area contributed by atoms with Crippen LogP contribution in [-0.2, 0) is 11.2 Å². The fraction of sp³-hybridized carbons (Fsp3) is 0.0769. The van der Waals surface area contributed by atoms with Crippen LogP contribution in [0, 0.1) is 5.82 Å². The molecule has 0 radical (unpaired) electrons. The number of nitrogens with zero attached hydrogens (tertiary/aromatic N) is 1. The molecule has 0 aliphatic carbocycles. The number of carbonyl (C=O) groups is 1. The van der Waals surface area contributed by atoms with E-state index in [0.717, 1.165) is 22.5 Å². The molecule has 17 heavy (non-hydrogen) atoms. The Hall–Kier alpha value is -2.23. The Kier molecular flexibility index (Phi) is 2.14. The van der Waals surface area contributed by atoms with Gasteiger partial charge in [-0.25, -0.2) is 4.39 Å². The molecular formula is C13H9FN2O. The average Bonchev–Trinajstić information content (AvgIpc) is 2.69. The minimum absolute atomic E-state index is 0.0157. The van der Waals surface area contributed by atoms with E-state index in [9.17, 15) is 9.18 Å². The van der Waals surface area contributed by atoms with Crippen LogP contribution in [0.1, 0.15) is 5.56 Å². The average molecular weight is 228 g/mol. The largest absolute Gasteiger partial charge is 0.324 e. The van der Waals surface area contributed by atoms with Gasteiger partial charge in [-0.15, -0.1) is 0 Å². The number of benzene rings is 1. The van der Waals surface area contributed by atoms with Gasteiger partial charge in [0.25, 0.3) is 0 Å². The summed E-state index contributed by atoms with van der Waals surface area (Å²) in [6, 6.07) is 8.00. The third-order valence-corrected chi connectivity index (χ3v) is 2.75. The summed E-state index contributed by atoms with van der Waals surface area (Å²) in [5, 5.41) is 2.72. The van der Waals surface area contributed by atoms with Crippen molar-refractivity contribution in [1.82, 2.24) is 4.98 Å². The van der Waals surface area contributed by atoms with Crippen molar-refractivity contribution in [3.05, 3.63) is 47.9 Å². The second kappa shape index (κ2) is 3.66. The van der Waals surface area contributed by atoms with Crippen LogP contribution in [0.4, 0.5) is 10.1 Å². The Morgan fingerprint density at radius 3 is 2.76 bits per heavy atom. The van der Waals surface area contributed by atoms with Crippen LogP contribution in [0.3, 0.4) is 0 Å². The number of amides is 1. The van der Waals surface area contributed by atoms with Crippen molar-refractivity contribution < 1.29 is 9.18 Å². The first-order valence-electron chi connectivity index (χ1n) is 5.27. The van der Waals surface area contributed by atoms with E-state index in [0.29, 0.717) is 6.42 Å². The lowest BCUT2D eigenvalue weighted by atomic mass is 10.1. The molecule has 0 spiro atoms. The van der Waals surface area contributed by atoms with Gasteiger partial charge in [-0.3, -0.25) is 9.78 Å². The first kappa shape index (κ1) is 9.96. The van der Waals surface area contributed by atoms with Crippen LogP contribution in [0.2, 0.25) is 0 Å². The monoisotopic (exact) mass is 228 g/mol. The zero-order valence-electron chi connectivity index (χ0n) is 8.90. The lowest BCUT2D eigenvalue weighted by molar-refractivity contribution is -0.115. The summed E-state index contributed by atoms with van der Waals surface area (Å²) in [5.74, 6) is -0.287. The quantitative estimate of drug-likeness (QED) is 0.814. The van der Waals surface area contributed by atoms with Gasteiger partial charge in [-0.2, -0.15) is 0 Å². The predicted octanol–water partition coefficient (Wildman–Crippen LogP) is 2.38. The van der Waals surface area contributed by atoms with Crippen LogP contribution >= 0.6 is 0 Å². The number of halogens is 1. The molecule has 1 aliphatic rings. The summed E-state index contributed by atoms with van der Waals surface area (Å²) in [5.41, 5.74) is 3.29. The molecule has 0 atom stereocenters. The summed E-state index contributed by atoms with van der Waals surface area (Å²) >= 11 is 0. The molecule has 4 heteroatoms. The standard InChI is InChI=1S/C13H9FN2O/c14-10-3-1-8(2-4-10)11-5-9-6-13(17)16-12(9)7-15-11/h1-5,7H,6H2,(H,16,17). The lowest BCUT2D eigenvalue weighted by Gasteiger charge is -2.03. The van der Waals surface area contributed by atoms with Gasteiger partial charge in [-0.05, 0) is 35.9 Å². The zero-order chi connectivity index (χ0) is 11.8. The van der Waals surface area contributed by atoms with Gasteiger partial charge >= 0.3 is 0 Å². The number of pyridine rings is 1. The third kappa shape index (κ3) is 1.78. The highest BCUT2D eigenvalue weighted by Gasteiger charge is 2.18. The van der Waals surface area contributed by atoms with Gasteiger partial charge in [0.05, 0.1) is 24.0 Å². The maximum absolute atomic E-state index is 12.8. The Morgan fingerprint density at radius 1 is 1.24 bits per heavy atom. The second-order valence-corrected chi connectivity index (χ2v) is 3.96. The maximum atomic E-state index is 12.8. The normalized spacial score (nSPS) is 13.4. The first-order valence-corrected chi connectivity index (χ1v) is 5.27. The fourth-order valence-electron chi connectivity index (χ4n) is 1.90. The minimum Gasteiger partial charge on any atom is -0.324 e. The summed E-state index contributed by atoms with van der Waals surface area (Å²) in [4.78, 5) is 15.5. The van der Waals surface area contributed by atoms with Gasteiger partial charge in [0.15, 0.2) is 0 Å². The van der Waals surface area contributed by atoms with Gasteiger partial charge in [0.2, 0.25) is 5.91 Å². The van der Waals surface area contributed by atoms with E-state index in [1.807, 2.05) is 6.07 Å². The molecule has 0 saturated heterocycles. The molecule has 2 heterocycles. The molecule has 1 aliphatic heterocycles. The van der Waals surface area contributed by atoms with Crippen LogP contribution in [0.25, 0.3) is 11.3 Å². The SMILES string of the molecule is O=C1Cc2cc(-c3ccc(F)cc3)ncc2N1. The lowest BCUT2D eigenvalue weighted by Crippen LogP contribution is -2.03. The maximum Gasteiger partial charge on any atom is 0.228 e. The number of hydrogen-bond acceptors (Lipinski definition) is 2. The van der Waals surface area contributed by atoms with E-state index < -0.39 is 0 Å². The number of carbonyl (C=O) groups excluding carboxylic acids is 1. The van der Waals surface area contributed by atoms with Crippen LogP contribution < -0.4 is 5.32 Å². The van der Waals surface area contributed by atoms with Gasteiger partial charge in [-0.1, -0.05) is 0 Å². The highest BCUT2D eigenvalue weighted by atomic mass is 19.1. The van der Waals surface area contributed by atoms with Crippen molar-refractivity contribution >= 4 is 11.6 Å². The molecular weight excluding hydrogens is 219 g/mol. The molecule has 2 aromatic rings. The minimum atomic E-state index is -0.272. The fourth-order valence-corrected chi connectivity index (χ4v) is 1.90. The van der Waals surface area contributed by atoms with E-state index in [1.54, 1.807) is 18.3 Å². The molecule has 0 bridgehead atoms. The van der Waals surface area contributed by atoms with Gasteiger partial charge < -0.3 is 5.32 Å². The zero-order valence-corrected chi connectivity index (χ0v) is 8.90. The molecule has 3 nitrogen and oxygen atoms in total. The van der Waals surface area contributed by atoms with Crippen LogP contribution in [0.15, 0.2) is 36.5 Å².